The van der Waals surface area contributed by atoms with Crippen LogP contribution in [0, 0.1) is 0 Å². The molecule has 9 nitrogen and oxygen atoms in total. The zero-order chi connectivity index (χ0) is 22.0. The average Bonchev–Trinajstić information content (AvgIpc) is 3.33. The number of hydrogen-bond donors (Lipinski definition) is 0. The number of anilines is 1. The molecule has 31 heavy (non-hydrogen) atoms. The molecule has 0 spiro atoms. The second-order valence-corrected chi connectivity index (χ2v) is 7.53. The molecule has 1 aliphatic rings. The summed E-state index contributed by atoms with van der Waals surface area (Å²) in [6.07, 6.45) is -1.43. The fourth-order valence-electron chi connectivity index (χ4n) is 3.70. The lowest BCUT2D eigenvalue weighted by molar-refractivity contribution is -0.140. The quantitative estimate of drug-likeness (QED) is 0.559. The van der Waals surface area contributed by atoms with E-state index in [1.807, 2.05) is 34.5 Å². The molecule has 1 fully saturated rings. The number of ether oxygens (including phenoxy) is 1. The summed E-state index contributed by atoms with van der Waals surface area (Å²) in [6.45, 7) is 4.89. The Hall–Kier alpha value is -2.73. The maximum Gasteiger partial charge on any atom is 0.406 e. The van der Waals surface area contributed by atoms with Crippen LogP contribution in [0.2, 0.25) is 0 Å². The van der Waals surface area contributed by atoms with E-state index in [4.69, 9.17) is 4.74 Å². The van der Waals surface area contributed by atoms with Crippen LogP contribution >= 0.6 is 0 Å². The number of hydrogen-bond acceptors (Lipinski definition) is 7. The lowest BCUT2D eigenvalue weighted by Crippen LogP contribution is -2.37. The predicted molar refractivity (Wildman–Crippen MR) is 107 cm³/mol. The summed E-state index contributed by atoms with van der Waals surface area (Å²) in [5, 5.41) is 4.27. The number of aromatic nitrogens is 6. The van der Waals surface area contributed by atoms with Crippen molar-refractivity contribution in [2.45, 2.75) is 39.3 Å². The van der Waals surface area contributed by atoms with Crippen LogP contribution in [0.15, 0.2) is 18.6 Å². The molecular weight excluding hydrogens is 413 g/mol. The summed E-state index contributed by atoms with van der Waals surface area (Å²) in [5.41, 5.74) is 1.61. The third-order valence-electron chi connectivity index (χ3n) is 5.10. The standard InChI is InChI=1S/C19H25F3N8O/c1-3-30-14(4-5-24-30)10-27(2)11-15-25-17(28-6-8-31-9-7-28)16-18(26-15)29(13-23-16)12-19(20,21)22/h4-5,13H,3,6-12H2,1-2H3. The van der Waals surface area contributed by atoms with E-state index in [9.17, 15) is 13.2 Å². The van der Waals surface area contributed by atoms with Gasteiger partial charge in [-0.05, 0) is 20.0 Å². The smallest absolute Gasteiger partial charge is 0.378 e. The monoisotopic (exact) mass is 438 g/mol. The molecule has 3 aromatic heterocycles. The molecule has 0 aliphatic carbocycles. The van der Waals surface area contributed by atoms with E-state index in [-0.39, 0.29) is 5.65 Å². The predicted octanol–water partition coefficient (Wildman–Crippen LogP) is 2.07. The zero-order valence-electron chi connectivity index (χ0n) is 17.5. The van der Waals surface area contributed by atoms with E-state index in [2.05, 4.69) is 20.1 Å². The Balaban J connectivity index is 1.65. The first kappa shape index (κ1) is 21.5. The molecular formula is C19H25F3N8O. The fourth-order valence-corrected chi connectivity index (χ4v) is 3.70. The van der Waals surface area contributed by atoms with E-state index >= 15 is 0 Å². The van der Waals surface area contributed by atoms with E-state index in [1.54, 1.807) is 6.20 Å². The molecule has 0 radical (unpaired) electrons. The Morgan fingerprint density at radius 3 is 2.65 bits per heavy atom. The van der Waals surface area contributed by atoms with Gasteiger partial charge in [0.25, 0.3) is 0 Å². The van der Waals surface area contributed by atoms with Gasteiger partial charge in [0.1, 0.15) is 12.4 Å². The minimum absolute atomic E-state index is 0.191. The minimum atomic E-state index is -4.37. The van der Waals surface area contributed by atoms with Crippen LogP contribution in [0.4, 0.5) is 19.0 Å². The molecule has 0 amide bonds. The Labute approximate surface area is 177 Å². The molecule has 0 unspecified atom stereocenters. The summed E-state index contributed by atoms with van der Waals surface area (Å²) in [6, 6.07) is 1.95. The molecule has 0 aromatic carbocycles. The summed E-state index contributed by atoms with van der Waals surface area (Å²) >= 11 is 0. The van der Waals surface area contributed by atoms with Crippen LogP contribution in [0.1, 0.15) is 18.4 Å². The number of alkyl halides is 3. The molecule has 4 rings (SSSR count). The van der Waals surface area contributed by atoms with E-state index in [0.29, 0.717) is 56.6 Å². The maximum absolute atomic E-state index is 13.1. The third-order valence-corrected chi connectivity index (χ3v) is 5.10. The zero-order valence-corrected chi connectivity index (χ0v) is 17.5. The molecule has 3 aromatic rings. The average molecular weight is 438 g/mol. The molecule has 0 atom stereocenters. The van der Waals surface area contributed by atoms with Gasteiger partial charge < -0.3 is 14.2 Å². The highest BCUT2D eigenvalue weighted by Crippen LogP contribution is 2.26. The molecule has 168 valence electrons. The maximum atomic E-state index is 13.1. The van der Waals surface area contributed by atoms with Gasteiger partial charge in [-0.2, -0.15) is 18.3 Å². The van der Waals surface area contributed by atoms with Crippen molar-refractivity contribution in [3.63, 3.8) is 0 Å². The van der Waals surface area contributed by atoms with Gasteiger partial charge in [-0.3, -0.25) is 9.58 Å². The van der Waals surface area contributed by atoms with Crippen molar-refractivity contribution >= 4 is 17.0 Å². The van der Waals surface area contributed by atoms with Crippen LogP contribution in [0.3, 0.4) is 0 Å². The molecule has 1 aliphatic heterocycles. The van der Waals surface area contributed by atoms with Crippen LogP contribution < -0.4 is 4.90 Å². The van der Waals surface area contributed by atoms with Crippen molar-refractivity contribution in [2.75, 3.05) is 38.3 Å². The Kier molecular flexibility index (Phi) is 6.10. The third kappa shape index (κ3) is 4.96. The van der Waals surface area contributed by atoms with Crippen molar-refractivity contribution in [1.29, 1.82) is 0 Å². The second kappa shape index (κ2) is 8.79. The SMILES string of the molecule is CCn1nccc1CN(C)Cc1nc(N2CCOCC2)c2ncn(CC(F)(F)F)c2n1. The number of nitrogens with zero attached hydrogens (tertiary/aromatic N) is 8. The number of halogens is 3. The molecule has 0 N–H and O–H groups in total. The normalized spacial score (nSPS) is 15.4. The van der Waals surface area contributed by atoms with Gasteiger partial charge in [0.15, 0.2) is 17.0 Å². The van der Waals surface area contributed by atoms with Crippen molar-refractivity contribution in [3.05, 3.63) is 30.1 Å². The molecule has 12 heteroatoms. The Morgan fingerprint density at radius 1 is 1.16 bits per heavy atom. The highest BCUT2D eigenvalue weighted by Gasteiger charge is 2.30. The van der Waals surface area contributed by atoms with E-state index in [0.717, 1.165) is 16.8 Å². The van der Waals surface area contributed by atoms with Crippen molar-refractivity contribution in [2.24, 2.45) is 0 Å². The van der Waals surface area contributed by atoms with Gasteiger partial charge in [-0.25, -0.2) is 15.0 Å². The Bertz CT molecular complexity index is 1020. The summed E-state index contributed by atoms with van der Waals surface area (Å²) in [4.78, 5) is 17.4. The Morgan fingerprint density at radius 2 is 1.94 bits per heavy atom. The first-order chi connectivity index (χ1) is 14.8. The fraction of sp³-hybridized carbons (Fsp3) is 0.579. The van der Waals surface area contributed by atoms with Crippen LogP contribution in [0.5, 0.6) is 0 Å². The van der Waals surface area contributed by atoms with Crippen LogP contribution in [-0.4, -0.2) is 73.7 Å². The van der Waals surface area contributed by atoms with Crippen LogP contribution in [0.25, 0.3) is 11.2 Å². The topological polar surface area (TPSA) is 77.1 Å². The van der Waals surface area contributed by atoms with Crippen LogP contribution in [-0.2, 0) is 30.9 Å². The van der Waals surface area contributed by atoms with E-state index < -0.39 is 12.7 Å². The number of aryl methyl sites for hydroxylation is 1. The second-order valence-electron chi connectivity index (χ2n) is 7.53. The summed E-state index contributed by atoms with van der Waals surface area (Å²) in [7, 11) is 1.92. The van der Waals surface area contributed by atoms with E-state index in [1.165, 1.54) is 6.33 Å². The van der Waals surface area contributed by atoms with Crippen molar-refractivity contribution in [3.8, 4) is 0 Å². The highest BCUT2D eigenvalue weighted by molar-refractivity contribution is 5.83. The molecule has 0 saturated carbocycles. The largest absolute Gasteiger partial charge is 0.406 e. The molecule has 0 bridgehead atoms. The first-order valence-corrected chi connectivity index (χ1v) is 10.1. The number of imidazole rings is 1. The van der Waals surface area contributed by atoms with Gasteiger partial charge in [0.2, 0.25) is 0 Å². The number of fused-ring (bicyclic) bond motifs is 1. The van der Waals surface area contributed by atoms with Crippen molar-refractivity contribution < 1.29 is 17.9 Å². The lowest BCUT2D eigenvalue weighted by atomic mass is 10.3. The minimum Gasteiger partial charge on any atom is -0.378 e. The lowest BCUT2D eigenvalue weighted by Gasteiger charge is -2.28. The molecule has 4 heterocycles. The van der Waals surface area contributed by atoms with Gasteiger partial charge >= 0.3 is 6.18 Å². The van der Waals surface area contributed by atoms with Gasteiger partial charge in [-0.15, -0.1) is 0 Å². The van der Waals surface area contributed by atoms with Gasteiger partial charge in [-0.1, -0.05) is 0 Å². The summed E-state index contributed by atoms with van der Waals surface area (Å²) < 4.78 is 47.5. The summed E-state index contributed by atoms with van der Waals surface area (Å²) in [5.74, 6) is 0.999. The van der Waals surface area contributed by atoms with Gasteiger partial charge in [0.05, 0.1) is 31.8 Å². The van der Waals surface area contributed by atoms with Gasteiger partial charge in [0, 0.05) is 32.4 Å². The van der Waals surface area contributed by atoms with Crippen molar-refractivity contribution in [1.82, 2.24) is 34.2 Å². The highest BCUT2D eigenvalue weighted by atomic mass is 19.4. The number of morpholine rings is 1. The molecule has 1 saturated heterocycles. The number of rotatable bonds is 7. The first-order valence-electron chi connectivity index (χ1n) is 10.1.